The molecule has 0 aromatic heterocycles. The predicted octanol–water partition coefficient (Wildman–Crippen LogP) is 5.14. The molecule has 320 valence electrons. The third kappa shape index (κ3) is 12.6. The van der Waals surface area contributed by atoms with E-state index in [0.29, 0.717) is 11.5 Å². The minimum absolute atomic E-state index is 0.303. The molecule has 0 saturated heterocycles. The molecule has 0 aliphatic carbocycles. The summed E-state index contributed by atoms with van der Waals surface area (Å²) in [5, 5.41) is 37.5. The average Bonchev–Trinajstić information content (AvgIpc) is 3.22. The van der Waals surface area contributed by atoms with E-state index in [0.717, 1.165) is 61.4 Å². The number of esters is 4. The quantitative estimate of drug-likeness (QED) is 0.0662. The van der Waals surface area contributed by atoms with Crippen LogP contribution < -0.4 is 9.47 Å². The first-order chi connectivity index (χ1) is 28.8. The number of carboxylic acid groups (broad SMARTS) is 4. The third-order valence-electron chi connectivity index (χ3n) is 8.95. The second-order valence-corrected chi connectivity index (χ2v) is 13.7. The number of ether oxygens (including phenoxy) is 6. The number of rotatable bonds is 20. The fourth-order valence-corrected chi connectivity index (χ4v) is 5.63. The molecule has 0 aliphatic heterocycles. The van der Waals surface area contributed by atoms with Crippen molar-refractivity contribution in [1.29, 1.82) is 0 Å². The van der Waals surface area contributed by atoms with Gasteiger partial charge in [-0.05, 0) is 71.8 Å². The van der Waals surface area contributed by atoms with Crippen LogP contribution in [0.2, 0.25) is 0 Å². The van der Waals surface area contributed by atoms with Gasteiger partial charge in [0, 0.05) is 19.3 Å². The van der Waals surface area contributed by atoms with Crippen molar-refractivity contribution in [3.8, 4) is 11.5 Å². The molecule has 0 aliphatic rings. The maximum absolute atomic E-state index is 13.0. The Labute approximate surface area is 347 Å². The lowest BCUT2D eigenvalue weighted by molar-refractivity contribution is -0.145. The Bertz CT molecular complexity index is 2150. The van der Waals surface area contributed by atoms with Gasteiger partial charge in [0.2, 0.25) is 0 Å². The Balaban J connectivity index is 1.41. The summed E-state index contributed by atoms with van der Waals surface area (Å²) >= 11 is 0. The summed E-state index contributed by atoms with van der Waals surface area (Å²) in [5.41, 5.74) is -1.58. The van der Waals surface area contributed by atoms with Gasteiger partial charge in [-0.25, -0.2) is 28.8 Å². The first kappa shape index (κ1) is 45.9. The van der Waals surface area contributed by atoms with Crippen LogP contribution in [0.4, 0.5) is 0 Å². The molecule has 0 bridgehead atoms. The van der Waals surface area contributed by atoms with Gasteiger partial charge in [-0.2, -0.15) is 0 Å². The van der Waals surface area contributed by atoms with Gasteiger partial charge in [0.05, 0.1) is 33.4 Å². The fraction of sp³-hybridized carbons (Fsp3) is 0.256. The van der Waals surface area contributed by atoms with Gasteiger partial charge in [-0.1, -0.05) is 38.1 Å². The van der Waals surface area contributed by atoms with Gasteiger partial charge in [-0.3, -0.25) is 9.59 Å². The van der Waals surface area contributed by atoms with Crippen molar-refractivity contribution in [3.63, 3.8) is 0 Å². The maximum Gasteiger partial charge on any atom is 0.339 e. The van der Waals surface area contributed by atoms with Crippen molar-refractivity contribution in [2.75, 3.05) is 26.4 Å². The molecule has 2 unspecified atom stereocenters. The molecule has 0 amide bonds. The van der Waals surface area contributed by atoms with Crippen LogP contribution in [-0.4, -0.2) is 107 Å². The standard InChI is InChI=1S/C43H40O18/c1-23(44)56-19-31(60-41(54)33-15-5-25(37(46)47)17-35(33)39(50)51)21-58-29-11-7-27(8-12-29)43(3,4)28-9-13-30(14-10-28)59-22-32(20-57-24(2)45)61-42(55)34-16-6-26(38(48)49)18-36(34)40(52)53/h5-18,31-32H,19-22H2,1-4H3,(H,46,47)(H,48,49)(H,50,51)(H,52,53). The largest absolute Gasteiger partial charge is 0.490 e. The van der Waals surface area contributed by atoms with Gasteiger partial charge < -0.3 is 48.8 Å². The van der Waals surface area contributed by atoms with Crippen LogP contribution in [0.25, 0.3) is 0 Å². The lowest BCUT2D eigenvalue weighted by Gasteiger charge is -2.27. The summed E-state index contributed by atoms with van der Waals surface area (Å²) in [6.45, 7) is 4.77. The number of carbonyl (C=O) groups excluding carboxylic acids is 4. The maximum atomic E-state index is 13.0. The highest BCUT2D eigenvalue weighted by atomic mass is 16.6. The van der Waals surface area contributed by atoms with Crippen LogP contribution in [0, 0.1) is 0 Å². The van der Waals surface area contributed by atoms with Gasteiger partial charge >= 0.3 is 47.8 Å². The minimum Gasteiger partial charge on any atom is -0.490 e. The smallest absolute Gasteiger partial charge is 0.339 e. The molecule has 18 nitrogen and oxygen atoms in total. The van der Waals surface area contributed by atoms with E-state index in [2.05, 4.69) is 0 Å². The molecule has 61 heavy (non-hydrogen) atoms. The van der Waals surface area contributed by atoms with Crippen LogP contribution >= 0.6 is 0 Å². The molecule has 4 aromatic carbocycles. The van der Waals surface area contributed by atoms with E-state index in [1.165, 1.54) is 0 Å². The first-order valence-corrected chi connectivity index (χ1v) is 18.1. The Morgan fingerprint density at radius 1 is 0.475 bits per heavy atom. The molecule has 0 fully saturated rings. The zero-order chi connectivity index (χ0) is 45.0. The molecule has 18 heteroatoms. The topological polar surface area (TPSA) is 273 Å². The van der Waals surface area contributed by atoms with Crippen molar-refractivity contribution < 1.29 is 87.2 Å². The van der Waals surface area contributed by atoms with Crippen molar-refractivity contribution in [2.45, 2.75) is 45.3 Å². The molecule has 4 rings (SSSR count). The number of carboxylic acids is 4. The lowest BCUT2D eigenvalue weighted by atomic mass is 9.78. The highest BCUT2D eigenvalue weighted by molar-refractivity contribution is 6.05. The summed E-state index contributed by atoms with van der Waals surface area (Å²) in [6.07, 6.45) is -2.36. The third-order valence-corrected chi connectivity index (χ3v) is 8.95. The summed E-state index contributed by atoms with van der Waals surface area (Å²) in [4.78, 5) is 95.1. The normalized spacial score (nSPS) is 11.9. The van der Waals surface area contributed by atoms with Crippen LogP contribution in [0.15, 0.2) is 84.9 Å². The van der Waals surface area contributed by atoms with E-state index < -0.39 is 101 Å². The number of benzene rings is 4. The minimum atomic E-state index is -1.55. The lowest BCUT2D eigenvalue weighted by Crippen LogP contribution is -2.31. The molecule has 0 saturated carbocycles. The Kier molecular flexibility index (Phi) is 15.3. The van der Waals surface area contributed by atoms with E-state index in [-0.39, 0.29) is 24.3 Å². The SMILES string of the molecule is CC(=O)OCC(COc1ccc(C(C)(C)c2ccc(OCC(COC(C)=O)OC(=O)c3ccc(C(=O)O)cc3C(=O)O)cc2)cc1)OC(=O)c1ccc(C(=O)O)cc1C(=O)O. The number of hydrogen-bond acceptors (Lipinski definition) is 14. The second-order valence-electron chi connectivity index (χ2n) is 13.7. The molecular formula is C43H40O18. The summed E-state index contributed by atoms with van der Waals surface area (Å²) < 4.78 is 32.5. The van der Waals surface area contributed by atoms with E-state index >= 15 is 0 Å². The van der Waals surface area contributed by atoms with Crippen molar-refractivity contribution in [2.24, 2.45) is 0 Å². The Morgan fingerprint density at radius 2 is 0.820 bits per heavy atom. The molecule has 0 heterocycles. The average molecular weight is 845 g/mol. The molecule has 2 atom stereocenters. The number of carbonyl (C=O) groups is 8. The van der Waals surface area contributed by atoms with Crippen molar-refractivity contribution >= 4 is 47.8 Å². The Morgan fingerprint density at radius 3 is 1.11 bits per heavy atom. The number of aromatic carboxylic acids is 4. The van der Waals surface area contributed by atoms with Crippen molar-refractivity contribution in [3.05, 3.63) is 129 Å². The van der Waals surface area contributed by atoms with Gasteiger partial charge in [0.1, 0.15) is 37.9 Å². The van der Waals surface area contributed by atoms with Crippen LogP contribution in [0.5, 0.6) is 11.5 Å². The van der Waals surface area contributed by atoms with E-state index in [1.807, 2.05) is 13.8 Å². The molecular weight excluding hydrogens is 804 g/mol. The zero-order valence-corrected chi connectivity index (χ0v) is 33.1. The van der Waals surface area contributed by atoms with Gasteiger partial charge in [-0.15, -0.1) is 0 Å². The highest BCUT2D eigenvalue weighted by Crippen LogP contribution is 2.33. The summed E-state index contributed by atoms with van der Waals surface area (Å²) in [5.74, 6) is -8.74. The summed E-state index contributed by atoms with van der Waals surface area (Å²) in [7, 11) is 0. The van der Waals surface area contributed by atoms with E-state index in [1.54, 1.807) is 48.5 Å². The highest BCUT2D eigenvalue weighted by Gasteiger charge is 2.27. The summed E-state index contributed by atoms with van der Waals surface area (Å²) in [6, 6.07) is 19.6. The molecule has 4 N–H and O–H groups in total. The first-order valence-electron chi connectivity index (χ1n) is 18.1. The zero-order valence-electron chi connectivity index (χ0n) is 33.1. The monoisotopic (exact) mass is 844 g/mol. The molecule has 4 aromatic rings. The van der Waals surface area contributed by atoms with E-state index in [4.69, 9.17) is 28.4 Å². The van der Waals surface area contributed by atoms with Crippen LogP contribution in [0.1, 0.15) is 101 Å². The van der Waals surface area contributed by atoms with Crippen LogP contribution in [-0.2, 0) is 34.0 Å². The predicted molar refractivity (Wildman–Crippen MR) is 208 cm³/mol. The number of hydrogen-bond donors (Lipinski definition) is 4. The molecule has 0 radical (unpaired) electrons. The van der Waals surface area contributed by atoms with Crippen molar-refractivity contribution in [1.82, 2.24) is 0 Å². The molecule has 0 spiro atoms. The second kappa shape index (κ2) is 20.3. The Hall–Kier alpha value is -7.76. The van der Waals surface area contributed by atoms with E-state index in [9.17, 15) is 58.8 Å². The fourth-order valence-electron chi connectivity index (χ4n) is 5.63. The van der Waals surface area contributed by atoms with Crippen LogP contribution in [0.3, 0.4) is 0 Å². The van der Waals surface area contributed by atoms with Gasteiger partial charge in [0.25, 0.3) is 0 Å². The van der Waals surface area contributed by atoms with Gasteiger partial charge in [0.15, 0.2) is 12.2 Å².